The van der Waals surface area contributed by atoms with E-state index < -0.39 is 0 Å². The first-order chi connectivity index (χ1) is 11.2. The second kappa shape index (κ2) is 8.18. The lowest BCUT2D eigenvalue weighted by atomic mass is 10.1. The van der Waals surface area contributed by atoms with Gasteiger partial charge in [-0.2, -0.15) is 0 Å². The Morgan fingerprint density at radius 2 is 1.88 bits per heavy atom. The lowest BCUT2D eigenvalue weighted by Crippen LogP contribution is -2.34. The maximum Gasteiger partial charge on any atom is 0.254 e. The van der Waals surface area contributed by atoms with E-state index >= 15 is 0 Å². The Hall–Kier alpha value is -2.04. The number of halogens is 1. The molecule has 0 spiro atoms. The van der Waals surface area contributed by atoms with Crippen LogP contribution in [0.2, 0.25) is 0 Å². The van der Waals surface area contributed by atoms with Crippen LogP contribution in [0.5, 0.6) is 0 Å². The number of nitrogens with one attached hydrogen (secondary N) is 1. The number of hydrogen-bond donors (Lipinski definition) is 2. The highest BCUT2D eigenvalue weighted by Crippen LogP contribution is 2.25. The molecule has 0 bridgehead atoms. The van der Waals surface area contributed by atoms with Gasteiger partial charge in [-0.3, -0.25) is 4.79 Å². The van der Waals surface area contributed by atoms with Crippen molar-refractivity contribution in [3.8, 4) is 0 Å². The van der Waals surface area contributed by atoms with Crippen LogP contribution in [0.1, 0.15) is 23.7 Å². The molecule has 128 valence electrons. The second-order valence-corrected chi connectivity index (χ2v) is 6.22. The molecule has 2 aromatic rings. The van der Waals surface area contributed by atoms with Crippen LogP contribution in [-0.2, 0) is 0 Å². The number of benzene rings is 2. The van der Waals surface area contributed by atoms with Gasteiger partial charge < -0.3 is 16.0 Å². The maximum absolute atomic E-state index is 12.8. The lowest BCUT2D eigenvalue weighted by molar-refractivity contribution is 0.0743. The minimum Gasteiger partial charge on any atom is -0.356 e. The van der Waals surface area contributed by atoms with E-state index in [1.54, 1.807) is 0 Å². The summed E-state index contributed by atoms with van der Waals surface area (Å²) in [6, 6.07) is 17.9. The van der Waals surface area contributed by atoms with Gasteiger partial charge in [-0.15, -0.1) is 12.4 Å². The van der Waals surface area contributed by atoms with Gasteiger partial charge in [0.2, 0.25) is 0 Å². The van der Waals surface area contributed by atoms with E-state index in [9.17, 15) is 4.79 Å². The van der Waals surface area contributed by atoms with Crippen molar-refractivity contribution in [2.75, 3.05) is 18.4 Å². The molecule has 0 saturated carbocycles. The standard InChI is InChI=1S/C19H23N3O.ClH/c1-14-10-15(12-20)13-22(14)19(23)16-6-5-9-18(11-16)21-17-7-3-2-4-8-17;/h2-9,11,14-15,21H,10,12-13,20H2,1H3;1H. The summed E-state index contributed by atoms with van der Waals surface area (Å²) in [6.45, 7) is 3.50. The summed E-state index contributed by atoms with van der Waals surface area (Å²) in [7, 11) is 0. The van der Waals surface area contributed by atoms with E-state index in [1.165, 1.54) is 0 Å². The highest BCUT2D eigenvalue weighted by atomic mass is 35.5. The van der Waals surface area contributed by atoms with E-state index in [0.29, 0.717) is 12.5 Å². The fraction of sp³-hybridized carbons (Fsp3) is 0.316. The normalized spacial score (nSPS) is 19.7. The zero-order chi connectivity index (χ0) is 16.2. The number of carbonyl (C=O) groups excluding carboxylic acids is 1. The van der Waals surface area contributed by atoms with E-state index in [-0.39, 0.29) is 24.4 Å². The predicted molar refractivity (Wildman–Crippen MR) is 101 cm³/mol. The average Bonchev–Trinajstić information content (AvgIpc) is 2.96. The maximum atomic E-state index is 12.8. The molecule has 4 nitrogen and oxygen atoms in total. The molecule has 2 aromatic carbocycles. The topological polar surface area (TPSA) is 58.4 Å². The molecule has 24 heavy (non-hydrogen) atoms. The summed E-state index contributed by atoms with van der Waals surface area (Å²) in [5.74, 6) is 0.504. The molecule has 3 rings (SSSR count). The Kier molecular flexibility index (Phi) is 6.23. The SMILES string of the molecule is CC1CC(CN)CN1C(=O)c1cccc(Nc2ccccc2)c1.Cl. The summed E-state index contributed by atoms with van der Waals surface area (Å²) >= 11 is 0. The zero-order valence-electron chi connectivity index (χ0n) is 13.8. The average molecular weight is 346 g/mol. The molecule has 0 aromatic heterocycles. The number of amides is 1. The minimum atomic E-state index is 0. The number of likely N-dealkylation sites (tertiary alicyclic amines) is 1. The Labute approximate surface area is 149 Å². The van der Waals surface area contributed by atoms with Gasteiger partial charge in [0.1, 0.15) is 0 Å². The largest absolute Gasteiger partial charge is 0.356 e. The fourth-order valence-electron chi connectivity index (χ4n) is 3.18. The Balaban J connectivity index is 0.00000208. The summed E-state index contributed by atoms with van der Waals surface area (Å²) in [5.41, 5.74) is 8.41. The number of para-hydroxylation sites is 1. The first-order valence-corrected chi connectivity index (χ1v) is 8.10. The number of carbonyl (C=O) groups is 1. The summed E-state index contributed by atoms with van der Waals surface area (Å²) in [5, 5.41) is 3.33. The van der Waals surface area contributed by atoms with E-state index in [1.807, 2.05) is 59.5 Å². The van der Waals surface area contributed by atoms with Crippen molar-refractivity contribution in [1.82, 2.24) is 4.90 Å². The third-order valence-corrected chi connectivity index (χ3v) is 4.43. The third-order valence-electron chi connectivity index (χ3n) is 4.43. The van der Waals surface area contributed by atoms with Crippen molar-refractivity contribution in [3.63, 3.8) is 0 Å². The highest BCUT2D eigenvalue weighted by molar-refractivity contribution is 5.95. The summed E-state index contributed by atoms with van der Waals surface area (Å²) < 4.78 is 0. The van der Waals surface area contributed by atoms with Crippen molar-refractivity contribution in [1.29, 1.82) is 0 Å². The molecule has 3 N–H and O–H groups in total. The molecular formula is C19H24ClN3O. The van der Waals surface area contributed by atoms with E-state index in [4.69, 9.17) is 5.73 Å². The number of hydrogen-bond acceptors (Lipinski definition) is 3. The number of nitrogens with two attached hydrogens (primary N) is 1. The van der Waals surface area contributed by atoms with Gasteiger partial charge in [0.15, 0.2) is 0 Å². The molecule has 1 fully saturated rings. The number of rotatable bonds is 4. The van der Waals surface area contributed by atoms with Crippen LogP contribution in [0.3, 0.4) is 0 Å². The highest BCUT2D eigenvalue weighted by Gasteiger charge is 2.32. The summed E-state index contributed by atoms with van der Waals surface area (Å²) in [6.07, 6.45) is 0.990. The van der Waals surface area contributed by atoms with Crippen LogP contribution in [0, 0.1) is 5.92 Å². The molecule has 1 aliphatic rings. The molecule has 0 aliphatic carbocycles. The van der Waals surface area contributed by atoms with Crippen molar-refractivity contribution >= 4 is 29.7 Å². The van der Waals surface area contributed by atoms with Crippen LogP contribution in [0.15, 0.2) is 54.6 Å². The quantitative estimate of drug-likeness (QED) is 0.889. The van der Waals surface area contributed by atoms with Crippen LogP contribution >= 0.6 is 12.4 Å². The van der Waals surface area contributed by atoms with Crippen LogP contribution < -0.4 is 11.1 Å². The molecule has 5 heteroatoms. The van der Waals surface area contributed by atoms with Gasteiger partial charge in [-0.05, 0) is 56.1 Å². The molecule has 1 heterocycles. The Morgan fingerprint density at radius 1 is 1.17 bits per heavy atom. The van der Waals surface area contributed by atoms with Gasteiger partial charge in [-0.1, -0.05) is 24.3 Å². The number of nitrogens with zero attached hydrogens (tertiary/aromatic N) is 1. The smallest absolute Gasteiger partial charge is 0.254 e. The summed E-state index contributed by atoms with van der Waals surface area (Å²) in [4.78, 5) is 14.7. The molecule has 0 radical (unpaired) electrons. The Bertz CT molecular complexity index is 677. The first kappa shape index (κ1) is 18.3. The second-order valence-electron chi connectivity index (χ2n) is 6.22. The minimum absolute atomic E-state index is 0. The van der Waals surface area contributed by atoms with Crippen molar-refractivity contribution in [2.45, 2.75) is 19.4 Å². The molecule has 2 unspecified atom stereocenters. The van der Waals surface area contributed by atoms with E-state index in [2.05, 4.69) is 12.2 Å². The molecule has 1 saturated heterocycles. The molecule has 1 aliphatic heterocycles. The first-order valence-electron chi connectivity index (χ1n) is 8.10. The van der Waals surface area contributed by atoms with Crippen molar-refractivity contribution in [2.24, 2.45) is 11.7 Å². The van der Waals surface area contributed by atoms with Gasteiger partial charge in [0.25, 0.3) is 5.91 Å². The van der Waals surface area contributed by atoms with Gasteiger partial charge in [0, 0.05) is 29.5 Å². The molecule has 1 amide bonds. The lowest BCUT2D eigenvalue weighted by Gasteiger charge is -2.22. The fourth-order valence-corrected chi connectivity index (χ4v) is 3.18. The van der Waals surface area contributed by atoms with Crippen LogP contribution in [0.4, 0.5) is 11.4 Å². The van der Waals surface area contributed by atoms with Gasteiger partial charge in [-0.25, -0.2) is 0 Å². The zero-order valence-corrected chi connectivity index (χ0v) is 14.6. The molecular weight excluding hydrogens is 322 g/mol. The van der Waals surface area contributed by atoms with Crippen molar-refractivity contribution < 1.29 is 4.79 Å². The van der Waals surface area contributed by atoms with Crippen LogP contribution in [0.25, 0.3) is 0 Å². The third kappa shape index (κ3) is 4.08. The van der Waals surface area contributed by atoms with Crippen LogP contribution in [-0.4, -0.2) is 29.9 Å². The van der Waals surface area contributed by atoms with Crippen molar-refractivity contribution in [3.05, 3.63) is 60.2 Å². The molecule has 2 atom stereocenters. The Morgan fingerprint density at radius 3 is 2.54 bits per heavy atom. The van der Waals surface area contributed by atoms with Gasteiger partial charge >= 0.3 is 0 Å². The number of anilines is 2. The van der Waals surface area contributed by atoms with Gasteiger partial charge in [0.05, 0.1) is 0 Å². The van der Waals surface area contributed by atoms with E-state index in [0.717, 1.165) is 29.9 Å². The predicted octanol–water partition coefficient (Wildman–Crippen LogP) is 3.66. The monoisotopic (exact) mass is 345 g/mol.